The summed E-state index contributed by atoms with van der Waals surface area (Å²) >= 11 is 6.13. The zero-order valence-corrected chi connectivity index (χ0v) is 15.2. The average molecular weight is 355 g/mol. The lowest BCUT2D eigenvalue weighted by Gasteiger charge is -2.33. The van der Waals surface area contributed by atoms with Crippen LogP contribution in [-0.2, 0) is 9.53 Å². The van der Waals surface area contributed by atoms with E-state index in [1.165, 1.54) is 0 Å². The summed E-state index contributed by atoms with van der Waals surface area (Å²) in [4.78, 5) is 14.4. The summed E-state index contributed by atoms with van der Waals surface area (Å²) < 4.78 is 11.5. The van der Waals surface area contributed by atoms with Crippen molar-refractivity contribution in [2.24, 2.45) is 5.73 Å². The van der Waals surface area contributed by atoms with Gasteiger partial charge in [-0.3, -0.25) is 4.79 Å². The van der Waals surface area contributed by atoms with Crippen LogP contribution in [-0.4, -0.2) is 49.3 Å². The lowest BCUT2D eigenvalue weighted by atomic mass is 10.1. The number of rotatable bonds is 7. The highest BCUT2D eigenvalue weighted by Crippen LogP contribution is 2.27. The van der Waals surface area contributed by atoms with E-state index in [0.29, 0.717) is 37.0 Å². The summed E-state index contributed by atoms with van der Waals surface area (Å²) in [5, 5.41) is 0.521. The molecular weight excluding hydrogens is 328 g/mol. The summed E-state index contributed by atoms with van der Waals surface area (Å²) in [6.45, 7) is 6.47. The number of ether oxygens (including phenoxy) is 2. The molecule has 0 radical (unpaired) electrons. The Labute approximate surface area is 149 Å². The second-order valence-corrected chi connectivity index (χ2v) is 6.64. The minimum atomic E-state index is -0.556. The van der Waals surface area contributed by atoms with Crippen molar-refractivity contribution in [2.45, 2.75) is 45.3 Å². The van der Waals surface area contributed by atoms with Crippen molar-refractivity contribution in [2.75, 3.05) is 26.2 Å². The number of amides is 1. The number of hydrogen-bond donors (Lipinski definition) is 1. The summed E-state index contributed by atoms with van der Waals surface area (Å²) in [5.41, 5.74) is 6.51. The summed E-state index contributed by atoms with van der Waals surface area (Å²) in [7, 11) is 0. The first-order chi connectivity index (χ1) is 11.5. The third-order valence-electron chi connectivity index (χ3n) is 4.19. The minimum absolute atomic E-state index is 0.00650. The largest absolute Gasteiger partial charge is 0.479 e. The van der Waals surface area contributed by atoms with Crippen molar-refractivity contribution in [1.82, 2.24) is 4.90 Å². The van der Waals surface area contributed by atoms with Gasteiger partial charge in [-0.2, -0.15) is 0 Å². The predicted octanol–water partition coefficient (Wildman–Crippen LogP) is 2.77. The standard InChI is InChI=1S/C18H27ClN2O3/c1-13-4-5-16(19)17(12-13)24-14(2)18(22)21-9-6-15(7-10-21)23-11-3-8-20/h4-5,12,14-15H,3,6-11,20H2,1-2H3. The molecule has 1 amide bonds. The first-order valence-electron chi connectivity index (χ1n) is 8.54. The van der Waals surface area contributed by atoms with Crippen LogP contribution in [0.15, 0.2) is 18.2 Å². The molecule has 134 valence electrons. The van der Waals surface area contributed by atoms with Crippen LogP contribution in [0.1, 0.15) is 31.7 Å². The number of carbonyl (C=O) groups is 1. The van der Waals surface area contributed by atoms with E-state index in [1.54, 1.807) is 13.0 Å². The third kappa shape index (κ3) is 5.36. The van der Waals surface area contributed by atoms with Gasteiger partial charge in [0.25, 0.3) is 5.91 Å². The zero-order valence-electron chi connectivity index (χ0n) is 14.5. The van der Waals surface area contributed by atoms with Crippen molar-refractivity contribution in [3.63, 3.8) is 0 Å². The molecule has 1 aromatic carbocycles. The van der Waals surface area contributed by atoms with E-state index in [-0.39, 0.29) is 12.0 Å². The molecule has 6 heteroatoms. The Morgan fingerprint density at radius 2 is 2.12 bits per heavy atom. The fourth-order valence-corrected chi connectivity index (χ4v) is 2.94. The first kappa shape index (κ1) is 19.0. The monoisotopic (exact) mass is 354 g/mol. The molecule has 5 nitrogen and oxygen atoms in total. The molecule has 1 saturated heterocycles. The summed E-state index contributed by atoms with van der Waals surface area (Å²) in [6.07, 6.45) is 2.26. The van der Waals surface area contributed by atoms with Gasteiger partial charge in [-0.1, -0.05) is 17.7 Å². The topological polar surface area (TPSA) is 64.8 Å². The van der Waals surface area contributed by atoms with Gasteiger partial charge < -0.3 is 20.1 Å². The molecule has 1 aromatic rings. The van der Waals surface area contributed by atoms with E-state index in [0.717, 1.165) is 24.8 Å². The van der Waals surface area contributed by atoms with Crippen LogP contribution in [0.5, 0.6) is 5.75 Å². The number of nitrogens with two attached hydrogens (primary N) is 1. The number of carbonyl (C=O) groups excluding carboxylic acids is 1. The third-order valence-corrected chi connectivity index (χ3v) is 4.51. The Balaban J connectivity index is 1.82. The molecule has 0 spiro atoms. The number of likely N-dealkylation sites (tertiary alicyclic amines) is 1. The predicted molar refractivity (Wildman–Crippen MR) is 95.5 cm³/mol. The Morgan fingerprint density at radius 1 is 1.42 bits per heavy atom. The van der Waals surface area contributed by atoms with Crippen LogP contribution >= 0.6 is 11.6 Å². The molecule has 2 rings (SSSR count). The van der Waals surface area contributed by atoms with Crippen LogP contribution in [0.3, 0.4) is 0 Å². The highest BCUT2D eigenvalue weighted by Gasteiger charge is 2.27. The van der Waals surface area contributed by atoms with Gasteiger partial charge in [0.15, 0.2) is 6.10 Å². The second-order valence-electron chi connectivity index (χ2n) is 6.23. The first-order valence-corrected chi connectivity index (χ1v) is 8.92. The molecule has 1 unspecified atom stereocenters. The molecule has 0 bridgehead atoms. The fourth-order valence-electron chi connectivity index (χ4n) is 2.78. The molecular formula is C18H27ClN2O3. The average Bonchev–Trinajstić information content (AvgIpc) is 2.58. The van der Waals surface area contributed by atoms with Gasteiger partial charge in [-0.15, -0.1) is 0 Å². The van der Waals surface area contributed by atoms with Gasteiger partial charge in [-0.25, -0.2) is 0 Å². The molecule has 1 aliphatic heterocycles. The smallest absolute Gasteiger partial charge is 0.263 e. The molecule has 24 heavy (non-hydrogen) atoms. The van der Waals surface area contributed by atoms with E-state index in [4.69, 9.17) is 26.8 Å². The Morgan fingerprint density at radius 3 is 2.79 bits per heavy atom. The highest BCUT2D eigenvalue weighted by atomic mass is 35.5. The van der Waals surface area contributed by atoms with Gasteiger partial charge in [0.1, 0.15) is 5.75 Å². The van der Waals surface area contributed by atoms with Crippen molar-refractivity contribution in [1.29, 1.82) is 0 Å². The van der Waals surface area contributed by atoms with E-state index in [9.17, 15) is 4.79 Å². The lowest BCUT2D eigenvalue weighted by Crippen LogP contribution is -2.46. The van der Waals surface area contributed by atoms with Crippen molar-refractivity contribution >= 4 is 17.5 Å². The number of piperidine rings is 1. The van der Waals surface area contributed by atoms with Crippen LogP contribution in [0.25, 0.3) is 0 Å². The van der Waals surface area contributed by atoms with E-state index >= 15 is 0 Å². The highest BCUT2D eigenvalue weighted by molar-refractivity contribution is 6.32. The number of nitrogens with zero attached hydrogens (tertiary/aromatic N) is 1. The second kappa shape index (κ2) is 9.25. The molecule has 1 fully saturated rings. The number of hydrogen-bond acceptors (Lipinski definition) is 4. The summed E-state index contributed by atoms with van der Waals surface area (Å²) in [6, 6.07) is 5.55. The SMILES string of the molecule is Cc1ccc(Cl)c(OC(C)C(=O)N2CCC(OCCCN)CC2)c1. The number of benzene rings is 1. The Kier molecular flexibility index (Phi) is 7.34. The molecule has 2 N–H and O–H groups in total. The molecule has 0 aliphatic carbocycles. The van der Waals surface area contributed by atoms with Crippen molar-refractivity contribution in [3.8, 4) is 5.75 Å². The van der Waals surface area contributed by atoms with Gasteiger partial charge in [0.05, 0.1) is 11.1 Å². The van der Waals surface area contributed by atoms with Gasteiger partial charge in [0.2, 0.25) is 0 Å². The maximum atomic E-state index is 12.6. The molecule has 1 atom stereocenters. The molecule has 0 saturated carbocycles. The Bertz CT molecular complexity index is 545. The van der Waals surface area contributed by atoms with Crippen LogP contribution < -0.4 is 10.5 Å². The van der Waals surface area contributed by atoms with E-state index in [1.807, 2.05) is 24.0 Å². The van der Waals surface area contributed by atoms with Crippen LogP contribution in [0.4, 0.5) is 0 Å². The van der Waals surface area contributed by atoms with Gasteiger partial charge >= 0.3 is 0 Å². The van der Waals surface area contributed by atoms with Crippen LogP contribution in [0, 0.1) is 6.92 Å². The summed E-state index contributed by atoms with van der Waals surface area (Å²) in [5.74, 6) is 0.547. The zero-order chi connectivity index (χ0) is 17.5. The molecule has 0 aromatic heterocycles. The fraction of sp³-hybridized carbons (Fsp3) is 0.611. The van der Waals surface area contributed by atoms with E-state index in [2.05, 4.69) is 0 Å². The van der Waals surface area contributed by atoms with Gasteiger partial charge in [-0.05, 0) is 57.4 Å². The molecule has 1 aliphatic rings. The normalized spacial score (nSPS) is 16.9. The molecule has 1 heterocycles. The minimum Gasteiger partial charge on any atom is -0.479 e. The Hall–Kier alpha value is -1.30. The maximum Gasteiger partial charge on any atom is 0.263 e. The number of aryl methyl sites for hydroxylation is 1. The van der Waals surface area contributed by atoms with E-state index < -0.39 is 6.10 Å². The van der Waals surface area contributed by atoms with Crippen LogP contribution in [0.2, 0.25) is 5.02 Å². The van der Waals surface area contributed by atoms with Crippen molar-refractivity contribution < 1.29 is 14.3 Å². The quantitative estimate of drug-likeness (QED) is 0.765. The lowest BCUT2D eigenvalue weighted by molar-refractivity contribution is -0.140. The number of halogens is 1. The van der Waals surface area contributed by atoms with Crippen molar-refractivity contribution in [3.05, 3.63) is 28.8 Å². The maximum absolute atomic E-state index is 12.6. The van der Waals surface area contributed by atoms with Gasteiger partial charge in [0, 0.05) is 19.7 Å².